The minimum Gasteiger partial charge on any atom is -0.350 e. The predicted molar refractivity (Wildman–Crippen MR) is 71.7 cm³/mol. The van der Waals surface area contributed by atoms with E-state index in [1.807, 2.05) is 12.1 Å². The van der Waals surface area contributed by atoms with E-state index < -0.39 is 5.95 Å². The number of carbonyl (C=O) groups excluding carboxylic acids is 1. The zero-order valence-corrected chi connectivity index (χ0v) is 10.8. The topological polar surface area (TPSA) is 42.0 Å². The summed E-state index contributed by atoms with van der Waals surface area (Å²) in [7, 11) is 0. The molecule has 0 saturated carbocycles. The first-order chi connectivity index (χ1) is 9.15. The van der Waals surface area contributed by atoms with Crippen molar-refractivity contribution >= 4 is 17.5 Å². The first-order valence-electron chi connectivity index (χ1n) is 5.80. The molecule has 1 N–H and O–H groups in total. The molecule has 0 fully saturated rings. The lowest BCUT2D eigenvalue weighted by molar-refractivity contribution is 0.0948. The van der Waals surface area contributed by atoms with Gasteiger partial charge in [-0.15, -0.1) is 0 Å². The zero-order valence-electron chi connectivity index (χ0n) is 10.1. The Kier molecular flexibility index (Phi) is 4.47. The summed E-state index contributed by atoms with van der Waals surface area (Å²) in [4.78, 5) is 15.2. The van der Waals surface area contributed by atoms with Gasteiger partial charge < -0.3 is 5.32 Å². The molecule has 5 heteroatoms. The molecule has 2 aromatic rings. The molecule has 0 aliphatic heterocycles. The summed E-state index contributed by atoms with van der Waals surface area (Å²) >= 11 is 5.78. The maximum atomic E-state index is 12.8. The van der Waals surface area contributed by atoms with Crippen molar-refractivity contribution in [2.24, 2.45) is 0 Å². The lowest BCUT2D eigenvalue weighted by Crippen LogP contribution is -2.26. The zero-order chi connectivity index (χ0) is 13.7. The van der Waals surface area contributed by atoms with Crippen LogP contribution in [0.2, 0.25) is 5.02 Å². The first-order valence-corrected chi connectivity index (χ1v) is 6.18. The third-order valence-corrected chi connectivity index (χ3v) is 2.81. The van der Waals surface area contributed by atoms with Crippen molar-refractivity contribution in [1.29, 1.82) is 0 Å². The van der Waals surface area contributed by atoms with Gasteiger partial charge in [-0.25, -0.2) is 4.98 Å². The molecule has 2 rings (SSSR count). The van der Waals surface area contributed by atoms with Crippen LogP contribution in [0.25, 0.3) is 0 Å². The molecule has 1 aromatic carbocycles. The lowest BCUT2D eigenvalue weighted by atomic mass is 10.1. The molecular formula is C14H12ClFN2O. The van der Waals surface area contributed by atoms with E-state index in [1.165, 1.54) is 18.2 Å². The minimum absolute atomic E-state index is 0.0797. The van der Waals surface area contributed by atoms with Gasteiger partial charge in [0, 0.05) is 11.6 Å². The van der Waals surface area contributed by atoms with Gasteiger partial charge in [-0.05, 0) is 36.2 Å². The second-order valence-corrected chi connectivity index (χ2v) is 4.41. The standard InChI is InChI=1S/C14H12ClFN2O/c15-11-6-4-10(5-7-11)8-9-17-14(19)12-2-1-3-13(16)18-12/h1-7H,8-9H2,(H,17,19). The normalized spacial score (nSPS) is 10.2. The Morgan fingerprint density at radius 1 is 1.21 bits per heavy atom. The molecule has 0 aliphatic carbocycles. The number of nitrogens with one attached hydrogen (secondary N) is 1. The minimum atomic E-state index is -0.662. The van der Waals surface area contributed by atoms with Gasteiger partial charge in [0.1, 0.15) is 5.69 Å². The average molecular weight is 279 g/mol. The Bertz CT molecular complexity index is 572. The van der Waals surface area contributed by atoms with Crippen molar-refractivity contribution in [2.45, 2.75) is 6.42 Å². The molecular weight excluding hydrogens is 267 g/mol. The van der Waals surface area contributed by atoms with Gasteiger partial charge in [0.25, 0.3) is 5.91 Å². The number of aromatic nitrogens is 1. The van der Waals surface area contributed by atoms with Crippen LogP contribution in [0.4, 0.5) is 4.39 Å². The van der Waals surface area contributed by atoms with Crippen molar-refractivity contribution < 1.29 is 9.18 Å². The number of hydrogen-bond donors (Lipinski definition) is 1. The number of rotatable bonds is 4. The van der Waals surface area contributed by atoms with Gasteiger partial charge in [0.05, 0.1) is 0 Å². The third kappa shape index (κ3) is 4.03. The molecule has 1 amide bonds. The maximum absolute atomic E-state index is 12.8. The summed E-state index contributed by atoms with van der Waals surface area (Å²) < 4.78 is 12.8. The molecule has 1 heterocycles. The fraction of sp³-hybridized carbons (Fsp3) is 0.143. The number of benzene rings is 1. The average Bonchev–Trinajstić information content (AvgIpc) is 2.41. The van der Waals surface area contributed by atoms with Crippen LogP contribution in [0.1, 0.15) is 16.1 Å². The molecule has 0 radical (unpaired) electrons. The first kappa shape index (κ1) is 13.5. The van der Waals surface area contributed by atoms with Crippen LogP contribution in [-0.4, -0.2) is 17.4 Å². The third-order valence-electron chi connectivity index (χ3n) is 2.56. The summed E-state index contributed by atoms with van der Waals surface area (Å²) in [5.74, 6) is -1.04. The Morgan fingerprint density at radius 3 is 2.63 bits per heavy atom. The van der Waals surface area contributed by atoms with E-state index in [-0.39, 0.29) is 11.6 Å². The molecule has 0 aliphatic rings. The monoisotopic (exact) mass is 278 g/mol. The van der Waals surface area contributed by atoms with Crippen molar-refractivity contribution in [3.05, 3.63) is 64.7 Å². The highest BCUT2D eigenvalue weighted by atomic mass is 35.5. The van der Waals surface area contributed by atoms with E-state index >= 15 is 0 Å². The quantitative estimate of drug-likeness (QED) is 0.874. The van der Waals surface area contributed by atoms with Crippen LogP contribution in [0.15, 0.2) is 42.5 Å². The maximum Gasteiger partial charge on any atom is 0.270 e. The fourth-order valence-electron chi connectivity index (χ4n) is 1.60. The van der Waals surface area contributed by atoms with Gasteiger partial charge in [0.15, 0.2) is 0 Å². The van der Waals surface area contributed by atoms with Crippen LogP contribution in [0, 0.1) is 5.95 Å². The molecule has 19 heavy (non-hydrogen) atoms. The second kappa shape index (κ2) is 6.29. The number of halogens is 2. The summed E-state index contributed by atoms with van der Waals surface area (Å²) in [6.45, 7) is 0.457. The predicted octanol–water partition coefficient (Wildman–Crippen LogP) is 2.85. The van der Waals surface area contributed by atoms with Crippen LogP contribution in [0.5, 0.6) is 0 Å². The fourth-order valence-corrected chi connectivity index (χ4v) is 1.72. The van der Waals surface area contributed by atoms with Crippen LogP contribution >= 0.6 is 11.6 Å². The number of nitrogens with zero attached hydrogens (tertiary/aromatic N) is 1. The van der Waals surface area contributed by atoms with Gasteiger partial charge in [-0.1, -0.05) is 29.8 Å². The van der Waals surface area contributed by atoms with Crippen molar-refractivity contribution in [3.63, 3.8) is 0 Å². The highest BCUT2D eigenvalue weighted by Gasteiger charge is 2.07. The highest BCUT2D eigenvalue weighted by Crippen LogP contribution is 2.09. The van der Waals surface area contributed by atoms with Gasteiger partial charge in [-0.3, -0.25) is 4.79 Å². The summed E-state index contributed by atoms with van der Waals surface area (Å²) in [5, 5.41) is 3.37. The molecule has 0 saturated heterocycles. The number of carbonyl (C=O) groups is 1. The van der Waals surface area contributed by atoms with E-state index in [9.17, 15) is 9.18 Å². The van der Waals surface area contributed by atoms with Gasteiger partial charge >= 0.3 is 0 Å². The smallest absolute Gasteiger partial charge is 0.270 e. The van der Waals surface area contributed by atoms with E-state index in [0.717, 1.165) is 5.56 Å². The lowest BCUT2D eigenvalue weighted by Gasteiger charge is -2.05. The van der Waals surface area contributed by atoms with Crippen molar-refractivity contribution in [3.8, 4) is 0 Å². The number of amides is 1. The summed E-state index contributed by atoms with van der Waals surface area (Å²) in [6, 6.07) is 11.5. The van der Waals surface area contributed by atoms with Gasteiger partial charge in [0.2, 0.25) is 5.95 Å². The highest BCUT2D eigenvalue weighted by molar-refractivity contribution is 6.30. The van der Waals surface area contributed by atoms with E-state index in [2.05, 4.69) is 10.3 Å². The number of pyridine rings is 1. The van der Waals surface area contributed by atoms with Crippen molar-refractivity contribution in [2.75, 3.05) is 6.54 Å². The Hall–Kier alpha value is -1.94. The molecule has 0 unspecified atom stereocenters. The Balaban J connectivity index is 1.86. The molecule has 0 spiro atoms. The van der Waals surface area contributed by atoms with E-state index in [0.29, 0.717) is 18.0 Å². The SMILES string of the molecule is O=C(NCCc1ccc(Cl)cc1)c1cccc(F)n1. The van der Waals surface area contributed by atoms with E-state index in [1.54, 1.807) is 12.1 Å². The summed E-state index contributed by atoms with van der Waals surface area (Å²) in [6.07, 6.45) is 0.679. The van der Waals surface area contributed by atoms with E-state index in [4.69, 9.17) is 11.6 Å². The largest absolute Gasteiger partial charge is 0.350 e. The molecule has 98 valence electrons. The molecule has 0 atom stereocenters. The summed E-state index contributed by atoms with van der Waals surface area (Å²) in [5.41, 5.74) is 1.15. The van der Waals surface area contributed by atoms with Crippen LogP contribution in [-0.2, 0) is 6.42 Å². The van der Waals surface area contributed by atoms with Crippen LogP contribution in [0.3, 0.4) is 0 Å². The Labute approximate surface area is 115 Å². The molecule has 1 aromatic heterocycles. The van der Waals surface area contributed by atoms with Crippen molar-refractivity contribution in [1.82, 2.24) is 10.3 Å². The molecule has 0 bridgehead atoms. The number of hydrogen-bond acceptors (Lipinski definition) is 2. The van der Waals surface area contributed by atoms with Crippen LogP contribution < -0.4 is 5.32 Å². The Morgan fingerprint density at radius 2 is 1.95 bits per heavy atom. The molecule has 3 nitrogen and oxygen atoms in total. The second-order valence-electron chi connectivity index (χ2n) is 3.98. The van der Waals surface area contributed by atoms with Gasteiger partial charge in [-0.2, -0.15) is 4.39 Å².